The third-order valence-corrected chi connectivity index (χ3v) is 1.99. The number of nitro benzene ring substituents is 1. The Morgan fingerprint density at radius 3 is 2.35 bits per heavy atom. The summed E-state index contributed by atoms with van der Waals surface area (Å²) in [5, 5.41) is 12.4. The summed E-state index contributed by atoms with van der Waals surface area (Å²) in [5.41, 5.74) is -1.51. The van der Waals surface area contributed by atoms with Gasteiger partial charge in [0.05, 0.1) is 16.7 Å². The number of nitrogens with zero attached hydrogens (tertiary/aromatic N) is 1. The molecular formula is C9H8F4N2O2. The van der Waals surface area contributed by atoms with E-state index in [0.717, 1.165) is 6.92 Å². The maximum absolute atomic E-state index is 13.1. The third kappa shape index (κ3) is 3.05. The van der Waals surface area contributed by atoms with Crippen LogP contribution in [0.15, 0.2) is 12.1 Å². The van der Waals surface area contributed by atoms with Crippen molar-refractivity contribution in [1.82, 2.24) is 0 Å². The molecule has 0 saturated heterocycles. The zero-order valence-electron chi connectivity index (χ0n) is 8.58. The van der Waals surface area contributed by atoms with Crippen molar-refractivity contribution in [2.24, 2.45) is 0 Å². The number of halogens is 4. The summed E-state index contributed by atoms with van der Waals surface area (Å²) in [6.07, 6.45) is -2.78. The highest BCUT2D eigenvalue weighted by atomic mass is 19.3. The van der Waals surface area contributed by atoms with Gasteiger partial charge in [-0.2, -0.15) is 4.39 Å². The van der Waals surface area contributed by atoms with Gasteiger partial charge in [0.2, 0.25) is 5.82 Å². The number of benzene rings is 1. The molecule has 1 aromatic rings. The number of rotatable bonds is 4. The highest BCUT2D eigenvalue weighted by molar-refractivity contribution is 5.53. The van der Waals surface area contributed by atoms with Crippen LogP contribution in [0.1, 0.15) is 6.92 Å². The van der Waals surface area contributed by atoms with E-state index in [4.69, 9.17) is 0 Å². The van der Waals surface area contributed by atoms with Crippen LogP contribution in [0.2, 0.25) is 0 Å². The number of nitrogens with one attached hydrogen (secondary N) is 1. The molecule has 1 rings (SSSR count). The van der Waals surface area contributed by atoms with Crippen LogP contribution in [-0.4, -0.2) is 17.4 Å². The van der Waals surface area contributed by atoms with Gasteiger partial charge < -0.3 is 5.32 Å². The molecule has 0 amide bonds. The van der Waals surface area contributed by atoms with Gasteiger partial charge in [-0.1, -0.05) is 0 Å². The van der Waals surface area contributed by atoms with Crippen molar-refractivity contribution in [3.63, 3.8) is 0 Å². The van der Waals surface area contributed by atoms with Crippen molar-refractivity contribution >= 4 is 11.4 Å². The summed E-state index contributed by atoms with van der Waals surface area (Å²) in [6, 6.07) is -0.586. The molecule has 1 aromatic carbocycles. The van der Waals surface area contributed by atoms with Gasteiger partial charge >= 0.3 is 5.69 Å². The van der Waals surface area contributed by atoms with Gasteiger partial charge in [0.25, 0.3) is 6.43 Å². The molecule has 0 heterocycles. The molecule has 0 aliphatic heterocycles. The first kappa shape index (κ1) is 13.2. The molecule has 8 heteroatoms. The van der Waals surface area contributed by atoms with Gasteiger partial charge in [-0.3, -0.25) is 10.1 Å². The largest absolute Gasteiger partial charge is 0.374 e. The normalized spacial score (nSPS) is 12.6. The SMILES string of the molecule is CC(Nc1cc([N+](=O)[O-])c(F)cc1F)C(F)F. The van der Waals surface area contributed by atoms with E-state index in [1.165, 1.54) is 0 Å². The van der Waals surface area contributed by atoms with E-state index in [2.05, 4.69) is 0 Å². The molecule has 0 radical (unpaired) electrons. The Morgan fingerprint density at radius 1 is 1.29 bits per heavy atom. The van der Waals surface area contributed by atoms with Crippen LogP contribution in [-0.2, 0) is 0 Å². The lowest BCUT2D eigenvalue weighted by molar-refractivity contribution is -0.387. The molecule has 0 saturated carbocycles. The van der Waals surface area contributed by atoms with E-state index >= 15 is 0 Å². The fraction of sp³-hybridized carbons (Fsp3) is 0.333. The Kier molecular flexibility index (Phi) is 3.87. The Morgan fingerprint density at radius 2 is 1.88 bits per heavy atom. The second-order valence-electron chi connectivity index (χ2n) is 3.31. The predicted octanol–water partition coefficient (Wildman–Crippen LogP) is 2.94. The molecule has 0 fully saturated rings. The molecule has 0 aliphatic carbocycles. The standard InChI is InChI=1S/C9H8F4N2O2/c1-4(9(12)13)14-7-3-8(15(16)17)6(11)2-5(7)10/h2-4,9,14H,1H3. The topological polar surface area (TPSA) is 55.2 Å². The lowest BCUT2D eigenvalue weighted by atomic mass is 10.2. The van der Waals surface area contributed by atoms with Crippen LogP contribution in [0.3, 0.4) is 0 Å². The second kappa shape index (κ2) is 4.98. The summed E-state index contributed by atoms with van der Waals surface area (Å²) >= 11 is 0. The van der Waals surface area contributed by atoms with Gasteiger partial charge in [-0.25, -0.2) is 13.2 Å². The van der Waals surface area contributed by atoms with Gasteiger partial charge in [0.1, 0.15) is 5.82 Å². The number of hydrogen-bond donors (Lipinski definition) is 1. The van der Waals surface area contributed by atoms with Crippen LogP contribution in [0.5, 0.6) is 0 Å². The molecule has 4 nitrogen and oxygen atoms in total. The highest BCUT2D eigenvalue weighted by Crippen LogP contribution is 2.26. The lowest BCUT2D eigenvalue weighted by Crippen LogP contribution is -2.24. The molecule has 0 bridgehead atoms. The van der Waals surface area contributed by atoms with E-state index in [-0.39, 0.29) is 6.07 Å². The van der Waals surface area contributed by atoms with Crippen molar-refractivity contribution in [2.75, 3.05) is 5.32 Å². The van der Waals surface area contributed by atoms with Gasteiger partial charge in [0.15, 0.2) is 0 Å². The van der Waals surface area contributed by atoms with E-state index in [1.807, 2.05) is 5.32 Å². The van der Waals surface area contributed by atoms with Crippen LogP contribution in [0, 0.1) is 21.7 Å². The maximum Gasteiger partial charge on any atom is 0.307 e. The minimum Gasteiger partial charge on any atom is -0.374 e. The second-order valence-corrected chi connectivity index (χ2v) is 3.31. The van der Waals surface area contributed by atoms with E-state index in [1.54, 1.807) is 0 Å². The third-order valence-electron chi connectivity index (χ3n) is 1.99. The van der Waals surface area contributed by atoms with Gasteiger partial charge in [0, 0.05) is 12.1 Å². The fourth-order valence-corrected chi connectivity index (χ4v) is 1.10. The van der Waals surface area contributed by atoms with E-state index in [9.17, 15) is 27.7 Å². The van der Waals surface area contributed by atoms with Crippen molar-refractivity contribution in [1.29, 1.82) is 0 Å². The van der Waals surface area contributed by atoms with Crippen LogP contribution < -0.4 is 5.32 Å². The quantitative estimate of drug-likeness (QED) is 0.509. The summed E-state index contributed by atoms with van der Waals surface area (Å²) < 4.78 is 50.4. The molecular weight excluding hydrogens is 244 g/mol. The van der Waals surface area contributed by atoms with Crippen LogP contribution in [0.4, 0.5) is 28.9 Å². The molecule has 0 aromatic heterocycles. The summed E-state index contributed by atoms with van der Waals surface area (Å²) in [5.74, 6) is -2.52. The zero-order valence-corrected chi connectivity index (χ0v) is 8.58. The smallest absolute Gasteiger partial charge is 0.307 e. The monoisotopic (exact) mass is 252 g/mol. The molecule has 1 unspecified atom stereocenters. The number of nitro groups is 1. The average Bonchev–Trinajstić information content (AvgIpc) is 2.21. The predicted molar refractivity (Wildman–Crippen MR) is 52.1 cm³/mol. The molecule has 0 aliphatic rings. The number of alkyl halides is 2. The molecule has 94 valence electrons. The summed E-state index contributed by atoms with van der Waals surface area (Å²) in [6.45, 7) is 1.07. The van der Waals surface area contributed by atoms with Gasteiger partial charge in [-0.05, 0) is 6.92 Å². The van der Waals surface area contributed by atoms with Crippen LogP contribution in [0.25, 0.3) is 0 Å². The van der Waals surface area contributed by atoms with Crippen molar-refractivity contribution in [3.05, 3.63) is 33.9 Å². The Labute approximate surface area is 93.4 Å². The summed E-state index contributed by atoms with van der Waals surface area (Å²) in [4.78, 5) is 9.31. The van der Waals surface area contributed by atoms with Crippen molar-refractivity contribution in [3.8, 4) is 0 Å². The Hall–Kier alpha value is -1.86. The minimum absolute atomic E-state index is 0.276. The number of anilines is 1. The lowest BCUT2D eigenvalue weighted by Gasteiger charge is -2.14. The Balaban J connectivity index is 3.08. The first-order valence-corrected chi connectivity index (χ1v) is 4.51. The van der Waals surface area contributed by atoms with Crippen LogP contribution >= 0.6 is 0 Å². The van der Waals surface area contributed by atoms with Crippen molar-refractivity contribution in [2.45, 2.75) is 19.4 Å². The number of hydrogen-bond acceptors (Lipinski definition) is 3. The summed E-state index contributed by atoms with van der Waals surface area (Å²) in [7, 11) is 0. The average molecular weight is 252 g/mol. The van der Waals surface area contributed by atoms with Gasteiger partial charge in [-0.15, -0.1) is 0 Å². The first-order chi connectivity index (χ1) is 7.82. The molecule has 1 N–H and O–H groups in total. The first-order valence-electron chi connectivity index (χ1n) is 4.51. The fourth-order valence-electron chi connectivity index (χ4n) is 1.10. The minimum atomic E-state index is -2.78. The van der Waals surface area contributed by atoms with E-state index in [0.29, 0.717) is 6.07 Å². The maximum atomic E-state index is 13.1. The zero-order chi connectivity index (χ0) is 13.2. The molecule has 0 spiro atoms. The highest BCUT2D eigenvalue weighted by Gasteiger charge is 2.21. The van der Waals surface area contributed by atoms with Crippen molar-refractivity contribution < 1.29 is 22.5 Å². The molecule has 17 heavy (non-hydrogen) atoms. The Bertz CT molecular complexity index is 439. The molecule has 1 atom stereocenters. The van der Waals surface area contributed by atoms with E-state index < -0.39 is 40.4 Å².